The molecule has 1 aliphatic heterocycles. The summed E-state index contributed by atoms with van der Waals surface area (Å²) < 4.78 is 0. The Kier molecular flexibility index (Phi) is 3.03. The van der Waals surface area contributed by atoms with Crippen molar-refractivity contribution in [2.24, 2.45) is 5.92 Å². The molecule has 1 saturated heterocycles. The van der Waals surface area contributed by atoms with Crippen LogP contribution in [0.25, 0.3) is 10.8 Å². The van der Waals surface area contributed by atoms with Crippen molar-refractivity contribution in [3.05, 3.63) is 40.7 Å². The van der Waals surface area contributed by atoms with E-state index in [0.717, 1.165) is 24.2 Å². The summed E-state index contributed by atoms with van der Waals surface area (Å²) in [4.78, 5) is 17.1. The number of H-pyrrole nitrogens is 1. The van der Waals surface area contributed by atoms with E-state index in [0.29, 0.717) is 11.3 Å². The highest BCUT2D eigenvalue weighted by molar-refractivity contribution is 5.83. The van der Waals surface area contributed by atoms with E-state index in [1.165, 1.54) is 0 Å². The van der Waals surface area contributed by atoms with Crippen LogP contribution >= 0.6 is 0 Å². The number of aromatic nitrogens is 1. The van der Waals surface area contributed by atoms with Gasteiger partial charge in [0, 0.05) is 11.9 Å². The van der Waals surface area contributed by atoms with Crippen LogP contribution in [0.4, 0.5) is 5.82 Å². The number of hydrogen-bond acceptors (Lipinski definition) is 3. The number of hydrogen-bond donors (Lipinski definition) is 2. The first-order valence-corrected chi connectivity index (χ1v) is 6.70. The highest BCUT2D eigenvalue weighted by Gasteiger charge is 2.31. The molecule has 1 fully saturated rings. The molecule has 100 valence electrons. The summed E-state index contributed by atoms with van der Waals surface area (Å²) in [6, 6.07) is 9.66. The summed E-state index contributed by atoms with van der Waals surface area (Å²) >= 11 is 0. The van der Waals surface area contributed by atoms with E-state index in [2.05, 4.69) is 16.8 Å². The molecule has 1 aromatic carbocycles. The fraction of sp³-hybridized carbons (Fsp3) is 0.400. The molecule has 2 atom stereocenters. The topological polar surface area (TPSA) is 56.3 Å². The minimum Gasteiger partial charge on any atom is -0.394 e. The second kappa shape index (κ2) is 4.70. The Morgan fingerprint density at radius 1 is 1.42 bits per heavy atom. The second-order valence-electron chi connectivity index (χ2n) is 5.28. The Morgan fingerprint density at radius 3 is 3.00 bits per heavy atom. The average Bonchev–Trinajstić information content (AvgIpc) is 2.80. The predicted molar refractivity (Wildman–Crippen MR) is 76.6 cm³/mol. The SMILES string of the molecule is CC1CCN(c2cc3ccccc3c(=O)[nH]2)C1CO. The number of fused-ring (bicyclic) bond motifs is 1. The summed E-state index contributed by atoms with van der Waals surface area (Å²) in [5.41, 5.74) is -0.0654. The van der Waals surface area contributed by atoms with Crippen LogP contribution in [-0.2, 0) is 0 Å². The third-order valence-electron chi connectivity index (χ3n) is 4.12. The van der Waals surface area contributed by atoms with Crippen molar-refractivity contribution in [2.75, 3.05) is 18.1 Å². The number of anilines is 1. The van der Waals surface area contributed by atoms with E-state index in [4.69, 9.17) is 0 Å². The lowest BCUT2D eigenvalue weighted by molar-refractivity contribution is 0.244. The smallest absolute Gasteiger partial charge is 0.257 e. The summed E-state index contributed by atoms with van der Waals surface area (Å²) in [6.45, 7) is 3.14. The van der Waals surface area contributed by atoms with Crippen molar-refractivity contribution >= 4 is 16.6 Å². The maximum atomic E-state index is 12.1. The molecular weight excluding hydrogens is 240 g/mol. The van der Waals surface area contributed by atoms with Gasteiger partial charge in [0.1, 0.15) is 5.82 Å². The quantitative estimate of drug-likeness (QED) is 0.862. The zero-order valence-corrected chi connectivity index (χ0v) is 11.0. The molecule has 0 amide bonds. The molecule has 1 aromatic heterocycles. The molecule has 0 spiro atoms. The van der Waals surface area contributed by atoms with E-state index >= 15 is 0 Å². The number of benzene rings is 1. The zero-order chi connectivity index (χ0) is 13.4. The van der Waals surface area contributed by atoms with Crippen LogP contribution in [-0.4, -0.2) is 29.3 Å². The van der Waals surface area contributed by atoms with Gasteiger partial charge in [-0.1, -0.05) is 25.1 Å². The van der Waals surface area contributed by atoms with Crippen molar-refractivity contribution in [3.63, 3.8) is 0 Å². The van der Waals surface area contributed by atoms with Crippen molar-refractivity contribution in [1.29, 1.82) is 0 Å². The van der Waals surface area contributed by atoms with E-state index in [1.54, 1.807) is 0 Å². The minimum atomic E-state index is -0.0654. The Hall–Kier alpha value is -1.81. The molecular formula is C15H18N2O2. The maximum absolute atomic E-state index is 12.1. The van der Waals surface area contributed by atoms with Crippen molar-refractivity contribution in [1.82, 2.24) is 4.98 Å². The lowest BCUT2D eigenvalue weighted by Crippen LogP contribution is -2.36. The van der Waals surface area contributed by atoms with Gasteiger partial charge in [0.15, 0.2) is 0 Å². The summed E-state index contributed by atoms with van der Waals surface area (Å²) in [7, 11) is 0. The van der Waals surface area contributed by atoms with Crippen LogP contribution in [0.5, 0.6) is 0 Å². The Morgan fingerprint density at radius 2 is 2.21 bits per heavy atom. The number of nitrogens with zero attached hydrogens (tertiary/aromatic N) is 1. The molecule has 4 heteroatoms. The standard InChI is InChI=1S/C15H18N2O2/c1-10-6-7-17(13(10)9-18)14-8-11-4-2-3-5-12(11)15(19)16-14/h2-5,8,10,13,18H,6-7,9H2,1H3,(H,16,19). The molecule has 2 heterocycles. The summed E-state index contributed by atoms with van der Waals surface area (Å²) in [5.74, 6) is 1.26. The molecule has 0 bridgehead atoms. The van der Waals surface area contributed by atoms with Crippen molar-refractivity contribution in [3.8, 4) is 0 Å². The van der Waals surface area contributed by atoms with Gasteiger partial charge in [-0.3, -0.25) is 4.79 Å². The molecule has 0 aliphatic carbocycles. The highest BCUT2D eigenvalue weighted by atomic mass is 16.3. The monoisotopic (exact) mass is 258 g/mol. The van der Waals surface area contributed by atoms with E-state index < -0.39 is 0 Å². The first-order valence-electron chi connectivity index (χ1n) is 6.70. The third-order valence-corrected chi connectivity index (χ3v) is 4.12. The first-order chi connectivity index (χ1) is 9.20. The molecule has 3 rings (SSSR count). The van der Waals surface area contributed by atoms with Crippen LogP contribution in [0.2, 0.25) is 0 Å². The number of aromatic amines is 1. The van der Waals surface area contributed by atoms with Crippen LogP contribution in [0.15, 0.2) is 35.1 Å². The molecule has 2 aromatic rings. The molecule has 4 nitrogen and oxygen atoms in total. The van der Waals surface area contributed by atoms with E-state index in [1.807, 2.05) is 30.3 Å². The first kappa shape index (κ1) is 12.2. The largest absolute Gasteiger partial charge is 0.394 e. The van der Waals surface area contributed by atoms with Gasteiger partial charge >= 0.3 is 0 Å². The number of aliphatic hydroxyl groups is 1. The van der Waals surface area contributed by atoms with Crippen molar-refractivity contribution < 1.29 is 5.11 Å². The minimum absolute atomic E-state index is 0.0654. The summed E-state index contributed by atoms with van der Waals surface area (Å²) in [5, 5.41) is 11.2. The predicted octanol–water partition coefficient (Wildman–Crippen LogP) is 1.74. The lowest BCUT2D eigenvalue weighted by Gasteiger charge is -2.26. The zero-order valence-electron chi connectivity index (χ0n) is 11.0. The van der Waals surface area contributed by atoms with Gasteiger partial charge in [0.05, 0.1) is 12.6 Å². The van der Waals surface area contributed by atoms with Gasteiger partial charge in [-0.25, -0.2) is 0 Å². The highest BCUT2D eigenvalue weighted by Crippen LogP contribution is 2.28. The Labute approximate surface area is 111 Å². The van der Waals surface area contributed by atoms with E-state index in [9.17, 15) is 9.90 Å². The molecule has 0 saturated carbocycles. The number of aliphatic hydroxyl groups excluding tert-OH is 1. The van der Waals surface area contributed by atoms with Crippen LogP contribution in [0, 0.1) is 5.92 Å². The van der Waals surface area contributed by atoms with Crippen LogP contribution in [0.1, 0.15) is 13.3 Å². The molecule has 2 N–H and O–H groups in total. The van der Waals surface area contributed by atoms with E-state index in [-0.39, 0.29) is 18.2 Å². The van der Waals surface area contributed by atoms with Gasteiger partial charge < -0.3 is 15.0 Å². The summed E-state index contributed by atoms with van der Waals surface area (Å²) in [6.07, 6.45) is 1.04. The number of pyridine rings is 1. The van der Waals surface area contributed by atoms with Gasteiger partial charge in [-0.05, 0) is 29.9 Å². The second-order valence-corrected chi connectivity index (χ2v) is 5.28. The van der Waals surface area contributed by atoms with Crippen molar-refractivity contribution in [2.45, 2.75) is 19.4 Å². The average molecular weight is 258 g/mol. The Bertz CT molecular complexity index is 650. The molecule has 1 aliphatic rings. The normalized spacial score (nSPS) is 23.2. The molecule has 0 radical (unpaired) electrons. The van der Waals surface area contributed by atoms with Gasteiger partial charge in [0.2, 0.25) is 0 Å². The molecule has 2 unspecified atom stereocenters. The van der Waals surface area contributed by atoms with Crippen LogP contribution < -0.4 is 10.5 Å². The number of rotatable bonds is 2. The Balaban J connectivity index is 2.08. The van der Waals surface area contributed by atoms with Gasteiger partial charge in [-0.2, -0.15) is 0 Å². The third kappa shape index (κ3) is 2.02. The van der Waals surface area contributed by atoms with Crippen LogP contribution in [0.3, 0.4) is 0 Å². The fourth-order valence-electron chi connectivity index (χ4n) is 2.94. The maximum Gasteiger partial charge on any atom is 0.257 e. The number of nitrogens with one attached hydrogen (secondary N) is 1. The lowest BCUT2D eigenvalue weighted by atomic mass is 10.0. The van der Waals surface area contributed by atoms with Gasteiger partial charge in [-0.15, -0.1) is 0 Å². The van der Waals surface area contributed by atoms with Gasteiger partial charge in [0.25, 0.3) is 5.56 Å². The fourth-order valence-corrected chi connectivity index (χ4v) is 2.94. The molecule has 19 heavy (non-hydrogen) atoms.